The molecule has 110 valence electrons. The first-order chi connectivity index (χ1) is 9.65. The van der Waals surface area contributed by atoms with Crippen LogP contribution in [0.3, 0.4) is 0 Å². The van der Waals surface area contributed by atoms with Gasteiger partial charge < -0.3 is 20.1 Å². The number of benzene rings is 1. The van der Waals surface area contributed by atoms with E-state index in [1.807, 2.05) is 11.0 Å². The van der Waals surface area contributed by atoms with Crippen LogP contribution in [-0.4, -0.2) is 38.1 Å². The van der Waals surface area contributed by atoms with Gasteiger partial charge in [0.1, 0.15) is 0 Å². The Kier molecular flexibility index (Phi) is 4.71. The highest BCUT2D eigenvalue weighted by atomic mass is 16.5. The summed E-state index contributed by atoms with van der Waals surface area (Å²) in [7, 11) is 3.17. The lowest BCUT2D eigenvalue weighted by atomic mass is 10.1. The van der Waals surface area contributed by atoms with Crippen molar-refractivity contribution >= 4 is 11.6 Å². The summed E-state index contributed by atoms with van der Waals surface area (Å²) < 4.78 is 10.5. The number of aryl methyl sites for hydroxylation is 1. The van der Waals surface area contributed by atoms with Gasteiger partial charge in [-0.2, -0.15) is 0 Å². The molecule has 1 aromatic rings. The molecule has 0 atom stereocenters. The number of nitrogen functional groups attached to an aromatic ring is 1. The number of nitrogens with zero attached hydrogens (tertiary/aromatic N) is 1. The van der Waals surface area contributed by atoms with E-state index in [-0.39, 0.29) is 5.91 Å². The maximum atomic E-state index is 12.0. The van der Waals surface area contributed by atoms with Crippen molar-refractivity contribution in [3.05, 3.63) is 17.7 Å². The van der Waals surface area contributed by atoms with Gasteiger partial charge in [0, 0.05) is 31.3 Å². The fourth-order valence-corrected chi connectivity index (χ4v) is 2.52. The molecule has 2 N–H and O–H groups in total. The van der Waals surface area contributed by atoms with E-state index in [9.17, 15) is 4.79 Å². The summed E-state index contributed by atoms with van der Waals surface area (Å²) in [6.07, 6.45) is 3.34. The van der Waals surface area contributed by atoms with Gasteiger partial charge in [-0.05, 0) is 30.9 Å². The minimum Gasteiger partial charge on any atom is -0.493 e. The number of carbonyl (C=O) groups is 1. The molecule has 1 amide bonds. The van der Waals surface area contributed by atoms with E-state index in [4.69, 9.17) is 15.2 Å². The van der Waals surface area contributed by atoms with Crippen LogP contribution in [-0.2, 0) is 11.2 Å². The van der Waals surface area contributed by atoms with Crippen molar-refractivity contribution in [1.82, 2.24) is 4.90 Å². The Morgan fingerprint density at radius 1 is 1.20 bits per heavy atom. The zero-order chi connectivity index (χ0) is 14.5. The highest BCUT2D eigenvalue weighted by molar-refractivity contribution is 5.77. The van der Waals surface area contributed by atoms with Crippen LogP contribution in [0.1, 0.15) is 24.8 Å². The largest absolute Gasteiger partial charge is 0.493 e. The molecule has 0 aliphatic carbocycles. The molecule has 1 aliphatic rings. The number of nitrogens with two attached hydrogens (primary N) is 1. The molecule has 1 heterocycles. The SMILES string of the molecule is COc1cc(N)c(CCC(=O)N2CCCC2)cc1OC. The summed E-state index contributed by atoms with van der Waals surface area (Å²) >= 11 is 0. The minimum atomic E-state index is 0.205. The fraction of sp³-hybridized carbons (Fsp3) is 0.533. The highest BCUT2D eigenvalue weighted by Crippen LogP contribution is 2.32. The van der Waals surface area contributed by atoms with Gasteiger partial charge in [-0.3, -0.25) is 4.79 Å². The highest BCUT2D eigenvalue weighted by Gasteiger charge is 2.18. The predicted octanol–water partition coefficient (Wildman–Crippen LogP) is 1.84. The van der Waals surface area contributed by atoms with E-state index >= 15 is 0 Å². The van der Waals surface area contributed by atoms with E-state index in [0.29, 0.717) is 30.0 Å². The molecule has 0 spiro atoms. The number of methoxy groups -OCH3 is 2. The van der Waals surface area contributed by atoms with Gasteiger partial charge in [0.25, 0.3) is 0 Å². The molecule has 0 unspecified atom stereocenters. The molecule has 0 aromatic heterocycles. The molecule has 5 heteroatoms. The lowest BCUT2D eigenvalue weighted by Crippen LogP contribution is -2.27. The number of ether oxygens (including phenoxy) is 2. The molecular weight excluding hydrogens is 256 g/mol. The third-order valence-electron chi connectivity index (χ3n) is 3.71. The molecule has 1 fully saturated rings. The third kappa shape index (κ3) is 3.15. The van der Waals surface area contributed by atoms with Crippen LogP contribution in [0.25, 0.3) is 0 Å². The zero-order valence-electron chi connectivity index (χ0n) is 12.1. The second kappa shape index (κ2) is 6.50. The second-order valence-corrected chi connectivity index (χ2v) is 4.99. The normalized spacial score (nSPS) is 14.4. The monoisotopic (exact) mass is 278 g/mol. The summed E-state index contributed by atoms with van der Waals surface area (Å²) in [5.74, 6) is 1.46. The summed E-state index contributed by atoms with van der Waals surface area (Å²) in [6.45, 7) is 1.78. The zero-order valence-corrected chi connectivity index (χ0v) is 12.1. The van der Waals surface area contributed by atoms with E-state index in [2.05, 4.69) is 0 Å². The summed E-state index contributed by atoms with van der Waals surface area (Å²) in [4.78, 5) is 14.0. The molecule has 0 bridgehead atoms. The van der Waals surface area contributed by atoms with Crippen LogP contribution in [0.4, 0.5) is 5.69 Å². The predicted molar refractivity (Wildman–Crippen MR) is 78.1 cm³/mol. The van der Waals surface area contributed by atoms with E-state index in [1.54, 1.807) is 20.3 Å². The molecular formula is C15H22N2O3. The first kappa shape index (κ1) is 14.5. The van der Waals surface area contributed by atoms with Crippen molar-refractivity contribution in [2.24, 2.45) is 0 Å². The maximum absolute atomic E-state index is 12.0. The van der Waals surface area contributed by atoms with E-state index in [1.165, 1.54) is 0 Å². The standard InChI is InChI=1S/C15H22N2O3/c1-19-13-9-11(12(16)10-14(13)20-2)5-6-15(18)17-7-3-4-8-17/h9-10H,3-8,16H2,1-2H3. The molecule has 1 saturated heterocycles. The second-order valence-electron chi connectivity index (χ2n) is 4.99. The molecule has 1 aliphatic heterocycles. The number of carbonyl (C=O) groups excluding carboxylic acids is 1. The Morgan fingerprint density at radius 3 is 2.40 bits per heavy atom. The summed E-state index contributed by atoms with van der Waals surface area (Å²) in [5.41, 5.74) is 7.56. The molecule has 0 radical (unpaired) electrons. The number of likely N-dealkylation sites (tertiary alicyclic amines) is 1. The van der Waals surface area contributed by atoms with Crippen LogP contribution in [0.5, 0.6) is 11.5 Å². The Hall–Kier alpha value is -1.91. The first-order valence-corrected chi connectivity index (χ1v) is 6.94. The Balaban J connectivity index is 2.03. The topological polar surface area (TPSA) is 64.8 Å². The van der Waals surface area contributed by atoms with Crippen LogP contribution in [0, 0.1) is 0 Å². The number of anilines is 1. The molecule has 0 saturated carbocycles. The summed E-state index contributed by atoms with van der Waals surface area (Å²) in [5, 5.41) is 0. The van der Waals surface area contributed by atoms with Gasteiger partial charge in [-0.15, -0.1) is 0 Å². The molecule has 20 heavy (non-hydrogen) atoms. The molecule has 5 nitrogen and oxygen atoms in total. The van der Waals surface area contributed by atoms with Crippen LogP contribution in [0.2, 0.25) is 0 Å². The van der Waals surface area contributed by atoms with Gasteiger partial charge in [-0.25, -0.2) is 0 Å². The van der Waals surface area contributed by atoms with Gasteiger partial charge in [0.15, 0.2) is 11.5 Å². The Bertz CT molecular complexity index is 482. The third-order valence-corrected chi connectivity index (χ3v) is 3.71. The van der Waals surface area contributed by atoms with Crippen LogP contribution in [0.15, 0.2) is 12.1 Å². The van der Waals surface area contributed by atoms with E-state index in [0.717, 1.165) is 31.5 Å². The van der Waals surface area contributed by atoms with Crippen molar-refractivity contribution in [3.63, 3.8) is 0 Å². The number of rotatable bonds is 5. The van der Waals surface area contributed by atoms with E-state index < -0.39 is 0 Å². The Morgan fingerprint density at radius 2 is 1.80 bits per heavy atom. The van der Waals surface area contributed by atoms with Crippen molar-refractivity contribution in [1.29, 1.82) is 0 Å². The Labute approximate surface area is 119 Å². The smallest absolute Gasteiger partial charge is 0.222 e. The fourth-order valence-electron chi connectivity index (χ4n) is 2.52. The van der Waals surface area contributed by atoms with Crippen LogP contribution >= 0.6 is 0 Å². The lowest BCUT2D eigenvalue weighted by molar-refractivity contribution is -0.130. The van der Waals surface area contributed by atoms with Crippen LogP contribution < -0.4 is 15.2 Å². The van der Waals surface area contributed by atoms with Gasteiger partial charge in [-0.1, -0.05) is 0 Å². The number of hydrogen-bond acceptors (Lipinski definition) is 4. The summed E-state index contributed by atoms with van der Waals surface area (Å²) in [6, 6.07) is 3.60. The van der Waals surface area contributed by atoms with Crippen molar-refractivity contribution in [3.8, 4) is 11.5 Å². The van der Waals surface area contributed by atoms with Crippen molar-refractivity contribution < 1.29 is 14.3 Å². The average Bonchev–Trinajstić information content (AvgIpc) is 2.99. The number of amides is 1. The minimum absolute atomic E-state index is 0.205. The number of hydrogen-bond donors (Lipinski definition) is 1. The molecule has 1 aromatic carbocycles. The van der Waals surface area contributed by atoms with Crippen molar-refractivity contribution in [2.75, 3.05) is 33.0 Å². The van der Waals surface area contributed by atoms with Gasteiger partial charge >= 0.3 is 0 Å². The lowest BCUT2D eigenvalue weighted by Gasteiger charge is -2.16. The van der Waals surface area contributed by atoms with Gasteiger partial charge in [0.05, 0.1) is 14.2 Å². The maximum Gasteiger partial charge on any atom is 0.222 e. The quantitative estimate of drug-likeness (QED) is 0.835. The molecule has 2 rings (SSSR count). The van der Waals surface area contributed by atoms with Gasteiger partial charge in [0.2, 0.25) is 5.91 Å². The average molecular weight is 278 g/mol. The first-order valence-electron chi connectivity index (χ1n) is 6.94. The van der Waals surface area contributed by atoms with Crippen molar-refractivity contribution in [2.45, 2.75) is 25.7 Å².